The largest absolute Gasteiger partial charge is 0.458 e. The zero-order valence-electron chi connectivity index (χ0n) is 21.9. The standard InChI is InChI=1S/C36H21BN2O2/c1-3-10-22(11-4-1)38(23-12-5-2-6-13-23)27-19-21-31-34-36(27)39-26-15-8-7-14-24(26)25-18-20-30-33(35(25)39)37(34)32-28(40-30)16-9-17-29(32)41-31/h1-21H. The molecule has 3 aliphatic heterocycles. The van der Waals surface area contributed by atoms with Gasteiger partial charge in [-0.3, -0.25) is 0 Å². The Hall–Kier alpha value is -5.42. The van der Waals surface area contributed by atoms with E-state index in [1.807, 2.05) is 6.07 Å². The van der Waals surface area contributed by atoms with Crippen LogP contribution in [0.5, 0.6) is 23.0 Å². The minimum Gasteiger partial charge on any atom is -0.458 e. The number of ether oxygens (including phenoxy) is 2. The Morgan fingerprint density at radius 2 is 1.10 bits per heavy atom. The molecule has 4 nitrogen and oxygen atoms in total. The van der Waals surface area contributed by atoms with Crippen LogP contribution >= 0.6 is 0 Å². The van der Waals surface area contributed by atoms with E-state index < -0.39 is 0 Å². The van der Waals surface area contributed by atoms with Crippen LogP contribution in [0.2, 0.25) is 0 Å². The predicted molar refractivity (Wildman–Crippen MR) is 167 cm³/mol. The summed E-state index contributed by atoms with van der Waals surface area (Å²) in [6.45, 7) is 0.0116. The molecule has 0 saturated heterocycles. The van der Waals surface area contributed by atoms with Crippen molar-refractivity contribution in [2.24, 2.45) is 0 Å². The number of rotatable bonds is 3. The first-order valence-electron chi connectivity index (χ1n) is 14.0. The van der Waals surface area contributed by atoms with Crippen molar-refractivity contribution in [2.75, 3.05) is 4.90 Å². The normalized spacial score (nSPS) is 13.2. The first kappa shape index (κ1) is 21.4. The SMILES string of the molecule is c1ccc(N(c2ccccc2)c2ccc3c4c2-n2c5ccccc5c5ccc6c(c52)B4c2c(cccc2O6)O3)cc1. The summed E-state index contributed by atoms with van der Waals surface area (Å²) < 4.78 is 15.7. The van der Waals surface area contributed by atoms with Gasteiger partial charge in [-0.15, -0.1) is 0 Å². The van der Waals surface area contributed by atoms with Crippen molar-refractivity contribution in [3.63, 3.8) is 0 Å². The van der Waals surface area contributed by atoms with E-state index in [1.54, 1.807) is 0 Å². The molecule has 6 aromatic carbocycles. The van der Waals surface area contributed by atoms with Crippen LogP contribution in [-0.2, 0) is 0 Å². The number of benzene rings is 6. The molecule has 0 aliphatic carbocycles. The van der Waals surface area contributed by atoms with Gasteiger partial charge in [-0.25, -0.2) is 0 Å². The topological polar surface area (TPSA) is 26.6 Å². The minimum absolute atomic E-state index is 0.0116. The zero-order chi connectivity index (χ0) is 26.7. The molecule has 190 valence electrons. The molecule has 7 aromatic rings. The number of para-hydroxylation sites is 3. The lowest BCUT2D eigenvalue weighted by atomic mass is 9.33. The van der Waals surface area contributed by atoms with Gasteiger partial charge in [0, 0.05) is 27.6 Å². The fourth-order valence-electron chi connectivity index (χ4n) is 7.26. The van der Waals surface area contributed by atoms with E-state index in [4.69, 9.17) is 9.47 Å². The average molecular weight is 524 g/mol. The number of aromatic nitrogens is 1. The molecule has 0 bridgehead atoms. The summed E-state index contributed by atoms with van der Waals surface area (Å²) in [6.07, 6.45) is 0. The van der Waals surface area contributed by atoms with Crippen LogP contribution in [0, 0.1) is 0 Å². The molecule has 0 fully saturated rings. The molecule has 4 heterocycles. The Kier molecular flexibility index (Phi) is 3.98. The van der Waals surface area contributed by atoms with Crippen molar-refractivity contribution in [2.45, 2.75) is 0 Å². The Bertz CT molecular complexity index is 2170. The first-order valence-corrected chi connectivity index (χ1v) is 14.0. The van der Waals surface area contributed by atoms with E-state index >= 15 is 0 Å². The lowest BCUT2D eigenvalue weighted by Crippen LogP contribution is -2.60. The zero-order valence-corrected chi connectivity index (χ0v) is 21.9. The second-order valence-corrected chi connectivity index (χ2v) is 10.9. The van der Waals surface area contributed by atoms with E-state index in [9.17, 15) is 0 Å². The molecule has 0 N–H and O–H groups in total. The fourth-order valence-corrected chi connectivity index (χ4v) is 7.26. The van der Waals surface area contributed by atoms with Gasteiger partial charge in [0.2, 0.25) is 0 Å². The van der Waals surface area contributed by atoms with Crippen LogP contribution in [0.4, 0.5) is 17.1 Å². The van der Waals surface area contributed by atoms with E-state index in [0.717, 1.165) is 51.2 Å². The summed E-state index contributed by atoms with van der Waals surface area (Å²) >= 11 is 0. The van der Waals surface area contributed by atoms with Gasteiger partial charge in [0.15, 0.2) is 0 Å². The van der Waals surface area contributed by atoms with E-state index in [2.05, 4.69) is 131 Å². The van der Waals surface area contributed by atoms with Gasteiger partial charge >= 0.3 is 0 Å². The molecule has 0 amide bonds. The summed E-state index contributed by atoms with van der Waals surface area (Å²) in [5.74, 6) is 3.55. The highest BCUT2D eigenvalue weighted by Gasteiger charge is 2.47. The highest BCUT2D eigenvalue weighted by atomic mass is 16.5. The predicted octanol–water partition coefficient (Wildman–Crippen LogP) is 7.29. The van der Waals surface area contributed by atoms with Gasteiger partial charge in [0.25, 0.3) is 6.71 Å². The van der Waals surface area contributed by atoms with Gasteiger partial charge in [0.05, 0.1) is 22.4 Å². The van der Waals surface area contributed by atoms with Crippen molar-refractivity contribution >= 4 is 62.0 Å². The molecular weight excluding hydrogens is 503 g/mol. The molecule has 0 saturated carbocycles. The van der Waals surface area contributed by atoms with E-state index in [-0.39, 0.29) is 6.71 Å². The molecule has 10 rings (SSSR count). The number of hydrogen-bond donors (Lipinski definition) is 0. The van der Waals surface area contributed by atoms with Crippen molar-refractivity contribution in [1.29, 1.82) is 0 Å². The van der Waals surface area contributed by atoms with Crippen LogP contribution < -0.4 is 30.8 Å². The van der Waals surface area contributed by atoms with Crippen molar-refractivity contribution in [3.8, 4) is 28.7 Å². The maximum Gasteiger partial charge on any atom is 0.266 e. The summed E-state index contributed by atoms with van der Waals surface area (Å²) in [7, 11) is 0. The molecule has 1 aromatic heterocycles. The number of nitrogens with zero attached hydrogens (tertiary/aromatic N) is 2. The van der Waals surface area contributed by atoms with Gasteiger partial charge < -0.3 is 18.9 Å². The molecule has 0 radical (unpaired) electrons. The number of fused-ring (bicyclic) bond motifs is 4. The Balaban J connectivity index is 1.41. The third-order valence-electron chi connectivity index (χ3n) is 8.82. The second kappa shape index (κ2) is 7.61. The summed E-state index contributed by atoms with van der Waals surface area (Å²) in [5, 5.41) is 2.47. The summed E-state index contributed by atoms with van der Waals surface area (Å²) in [5.41, 5.74) is 10.4. The molecule has 0 spiro atoms. The lowest BCUT2D eigenvalue weighted by molar-refractivity contribution is 0.464. The third-order valence-corrected chi connectivity index (χ3v) is 8.82. The van der Waals surface area contributed by atoms with Crippen LogP contribution in [0.3, 0.4) is 0 Å². The molecular formula is C36H21BN2O2. The van der Waals surface area contributed by atoms with Gasteiger partial charge in [0.1, 0.15) is 23.0 Å². The Morgan fingerprint density at radius 3 is 1.83 bits per heavy atom. The number of hydrogen-bond acceptors (Lipinski definition) is 3. The Labute approximate surface area is 236 Å². The molecule has 3 aliphatic rings. The maximum atomic E-state index is 6.67. The van der Waals surface area contributed by atoms with Crippen molar-refractivity contribution < 1.29 is 9.47 Å². The fraction of sp³-hybridized carbons (Fsp3) is 0. The second-order valence-electron chi connectivity index (χ2n) is 10.9. The van der Waals surface area contributed by atoms with E-state index in [1.165, 1.54) is 32.7 Å². The van der Waals surface area contributed by atoms with Gasteiger partial charge in [-0.1, -0.05) is 60.7 Å². The molecule has 0 unspecified atom stereocenters. The van der Waals surface area contributed by atoms with Crippen molar-refractivity contribution in [3.05, 3.63) is 127 Å². The average Bonchev–Trinajstić information content (AvgIpc) is 3.37. The lowest BCUT2D eigenvalue weighted by Gasteiger charge is -2.39. The smallest absolute Gasteiger partial charge is 0.266 e. The Morgan fingerprint density at radius 1 is 0.488 bits per heavy atom. The summed E-state index contributed by atoms with van der Waals surface area (Å²) in [6, 6.07) is 44.9. The van der Waals surface area contributed by atoms with E-state index in [0.29, 0.717) is 0 Å². The quantitative estimate of drug-likeness (QED) is 0.227. The maximum absolute atomic E-state index is 6.67. The van der Waals surface area contributed by atoms with Gasteiger partial charge in [-0.05, 0) is 77.7 Å². The highest BCUT2D eigenvalue weighted by Crippen LogP contribution is 2.47. The molecule has 0 atom stereocenters. The van der Waals surface area contributed by atoms with Crippen LogP contribution in [0.15, 0.2) is 127 Å². The highest BCUT2D eigenvalue weighted by molar-refractivity contribution is 7.00. The third kappa shape index (κ3) is 2.66. The monoisotopic (exact) mass is 524 g/mol. The van der Waals surface area contributed by atoms with Crippen LogP contribution in [0.25, 0.3) is 27.5 Å². The molecule has 5 heteroatoms. The molecule has 41 heavy (non-hydrogen) atoms. The van der Waals surface area contributed by atoms with Crippen LogP contribution in [-0.4, -0.2) is 11.3 Å². The summed E-state index contributed by atoms with van der Waals surface area (Å²) in [4.78, 5) is 2.37. The van der Waals surface area contributed by atoms with Gasteiger partial charge in [-0.2, -0.15) is 0 Å². The minimum atomic E-state index is 0.0116. The first-order chi connectivity index (χ1) is 20.4. The van der Waals surface area contributed by atoms with Crippen LogP contribution in [0.1, 0.15) is 0 Å². The number of anilines is 3. The van der Waals surface area contributed by atoms with Crippen molar-refractivity contribution in [1.82, 2.24) is 4.57 Å².